The smallest absolute Gasteiger partial charge is 0.307 e. The second-order valence-corrected chi connectivity index (χ2v) is 11.1. The molecule has 3 rings (SSSR count). The number of nitrogens with zero attached hydrogens (tertiary/aromatic N) is 2. The van der Waals surface area contributed by atoms with E-state index in [1.54, 1.807) is 19.2 Å². The molecular weight excluding hydrogens is 524 g/mol. The number of carbonyl (C=O) groups excluding carboxylic acids is 2. The summed E-state index contributed by atoms with van der Waals surface area (Å²) in [5, 5.41) is 3.11. The first-order valence-corrected chi connectivity index (χ1v) is 13.8. The molecule has 13 heteroatoms. The van der Waals surface area contributed by atoms with E-state index in [9.17, 15) is 18.0 Å². The van der Waals surface area contributed by atoms with Crippen molar-refractivity contribution in [3.63, 3.8) is 0 Å². The number of esters is 1. The molecule has 37 heavy (non-hydrogen) atoms. The van der Waals surface area contributed by atoms with Crippen LogP contribution in [0.1, 0.15) is 28.8 Å². The van der Waals surface area contributed by atoms with Crippen molar-refractivity contribution >= 4 is 39.1 Å². The molecule has 3 N–H and O–H groups in total. The lowest BCUT2D eigenvalue weighted by molar-refractivity contribution is -0.145. The lowest BCUT2D eigenvalue weighted by Crippen LogP contribution is -2.55. The summed E-state index contributed by atoms with van der Waals surface area (Å²) in [6.45, 7) is 1.69. The quantitative estimate of drug-likeness (QED) is 0.415. The fourth-order valence-electron chi connectivity index (χ4n) is 3.96. The number of pyridine rings is 1. The number of hydrogen-bond donors (Lipinski definition) is 2. The minimum Gasteiger partial charge on any atom is -0.480 e. The molecule has 1 aliphatic rings. The molecule has 0 unspecified atom stereocenters. The Bertz CT molecular complexity index is 1220. The number of ether oxygens (including phenoxy) is 3. The number of amides is 1. The highest BCUT2D eigenvalue weighted by atomic mass is 35.5. The minimum atomic E-state index is -3.28. The van der Waals surface area contributed by atoms with Crippen LogP contribution in [0.2, 0.25) is 5.02 Å². The molecule has 1 aliphatic heterocycles. The predicted molar refractivity (Wildman–Crippen MR) is 137 cm³/mol. The van der Waals surface area contributed by atoms with Crippen LogP contribution in [0.25, 0.3) is 0 Å². The summed E-state index contributed by atoms with van der Waals surface area (Å²) >= 11 is 6.03. The molecule has 1 saturated heterocycles. The van der Waals surface area contributed by atoms with Gasteiger partial charge in [-0.15, -0.1) is 0 Å². The van der Waals surface area contributed by atoms with Gasteiger partial charge in [0.15, 0.2) is 9.84 Å². The molecule has 1 fully saturated rings. The zero-order valence-corrected chi connectivity index (χ0v) is 22.5. The second-order valence-electron chi connectivity index (χ2n) is 8.68. The van der Waals surface area contributed by atoms with Crippen LogP contribution in [0, 0.1) is 0 Å². The van der Waals surface area contributed by atoms with Crippen molar-refractivity contribution in [3.8, 4) is 5.88 Å². The number of nitrogens with one attached hydrogen (secondary N) is 1. The number of rotatable bonds is 10. The normalized spacial score (nSPS) is 18.3. The number of nitrogens with two attached hydrogens (primary N) is 1. The lowest BCUT2D eigenvalue weighted by atomic mass is 10.0. The van der Waals surface area contributed by atoms with Gasteiger partial charge >= 0.3 is 5.97 Å². The van der Waals surface area contributed by atoms with Crippen molar-refractivity contribution in [2.75, 3.05) is 45.8 Å². The Morgan fingerprint density at radius 1 is 1.24 bits per heavy atom. The first-order chi connectivity index (χ1) is 17.5. The molecule has 2 atom stereocenters. The zero-order valence-electron chi connectivity index (χ0n) is 20.9. The number of halogens is 1. The maximum atomic E-state index is 12.9. The van der Waals surface area contributed by atoms with E-state index in [1.807, 2.05) is 0 Å². The average Bonchev–Trinajstić information content (AvgIpc) is 2.87. The molecule has 1 amide bonds. The van der Waals surface area contributed by atoms with E-state index in [0.717, 1.165) is 6.26 Å². The van der Waals surface area contributed by atoms with Crippen molar-refractivity contribution in [1.82, 2.24) is 15.2 Å². The summed E-state index contributed by atoms with van der Waals surface area (Å²) in [6.07, 6.45) is 1.62. The van der Waals surface area contributed by atoms with Gasteiger partial charge in [0.05, 0.1) is 35.6 Å². The van der Waals surface area contributed by atoms with E-state index in [-0.39, 0.29) is 58.3 Å². The van der Waals surface area contributed by atoms with Crippen LogP contribution < -0.4 is 15.8 Å². The van der Waals surface area contributed by atoms with E-state index in [0.29, 0.717) is 31.6 Å². The third-order valence-corrected chi connectivity index (χ3v) is 7.48. The number of likely N-dealkylation sites (tertiary alicyclic amines) is 1. The summed E-state index contributed by atoms with van der Waals surface area (Å²) in [5.74, 6) is -0.617. The van der Waals surface area contributed by atoms with Crippen molar-refractivity contribution in [2.24, 2.45) is 0 Å². The van der Waals surface area contributed by atoms with Crippen molar-refractivity contribution < 1.29 is 32.2 Å². The molecule has 2 aromatic rings. The Kier molecular flexibility index (Phi) is 9.71. The third kappa shape index (κ3) is 7.78. The van der Waals surface area contributed by atoms with Crippen LogP contribution in [-0.2, 0) is 30.7 Å². The van der Waals surface area contributed by atoms with E-state index >= 15 is 0 Å². The number of benzene rings is 1. The van der Waals surface area contributed by atoms with Gasteiger partial charge in [0, 0.05) is 33.0 Å². The number of methoxy groups -OCH3 is 2. The molecule has 0 bridgehead atoms. The van der Waals surface area contributed by atoms with Gasteiger partial charge in [0.25, 0.3) is 5.91 Å². The maximum absolute atomic E-state index is 12.9. The number of aromatic nitrogens is 1. The van der Waals surface area contributed by atoms with Gasteiger partial charge in [-0.3, -0.25) is 9.59 Å². The summed E-state index contributed by atoms with van der Waals surface area (Å²) in [4.78, 5) is 31.4. The van der Waals surface area contributed by atoms with Crippen LogP contribution in [-0.4, -0.2) is 82.4 Å². The predicted octanol–water partition coefficient (Wildman–Crippen LogP) is 1.68. The van der Waals surface area contributed by atoms with Crippen LogP contribution in [0.5, 0.6) is 5.88 Å². The molecule has 1 aromatic carbocycles. The highest BCUT2D eigenvalue weighted by Gasteiger charge is 2.31. The highest BCUT2D eigenvalue weighted by molar-refractivity contribution is 7.90. The number of nitrogen functional groups attached to an aromatic ring is 1. The van der Waals surface area contributed by atoms with E-state index in [2.05, 4.69) is 15.2 Å². The monoisotopic (exact) mass is 554 g/mol. The lowest BCUT2D eigenvalue weighted by Gasteiger charge is -2.38. The van der Waals surface area contributed by atoms with E-state index < -0.39 is 15.7 Å². The van der Waals surface area contributed by atoms with Crippen molar-refractivity contribution in [2.45, 2.75) is 36.5 Å². The standard InChI is InChI=1S/C24H31ClN4O7S/c1-34-20-13-29(11-9-21(30)36-14-15-4-6-16(7-5-15)37(3,32)33)10-8-19(20)27-23(31)17-12-18(25)22(26)28-24(17)35-2/h4-7,12,19-20H,8-11,13-14H2,1-3H3,(H2,26,28)(H,27,31)/t19-,20+/m0/s1. The van der Waals surface area contributed by atoms with Gasteiger partial charge in [-0.2, -0.15) is 4.98 Å². The molecule has 2 heterocycles. The van der Waals surface area contributed by atoms with Gasteiger partial charge in [0.1, 0.15) is 18.0 Å². The number of hydrogen-bond acceptors (Lipinski definition) is 10. The fourth-order valence-corrected chi connectivity index (χ4v) is 4.74. The van der Waals surface area contributed by atoms with E-state index in [4.69, 9.17) is 31.5 Å². The SMILES string of the molecule is COc1nc(N)c(Cl)cc1C(=O)N[C@H]1CCN(CCC(=O)OCc2ccc(S(C)(=O)=O)cc2)C[C@H]1OC. The van der Waals surface area contributed by atoms with Crippen molar-refractivity contribution in [1.29, 1.82) is 0 Å². The Balaban J connectivity index is 1.48. The molecular formula is C24H31ClN4O7S. The number of carbonyl (C=O) groups is 2. The van der Waals surface area contributed by atoms with E-state index in [1.165, 1.54) is 25.3 Å². The summed E-state index contributed by atoms with van der Waals surface area (Å²) in [5.41, 5.74) is 6.57. The number of piperidine rings is 1. The highest BCUT2D eigenvalue weighted by Crippen LogP contribution is 2.25. The molecule has 0 spiro atoms. The Labute approximate surface area is 221 Å². The molecule has 202 valence electrons. The zero-order chi connectivity index (χ0) is 27.2. The Morgan fingerprint density at radius 3 is 2.57 bits per heavy atom. The van der Waals surface area contributed by atoms with Gasteiger partial charge in [0.2, 0.25) is 5.88 Å². The number of sulfone groups is 1. The summed E-state index contributed by atoms with van der Waals surface area (Å²) in [6, 6.07) is 7.37. The van der Waals surface area contributed by atoms with Crippen molar-refractivity contribution in [3.05, 3.63) is 46.5 Å². The summed E-state index contributed by atoms with van der Waals surface area (Å²) < 4.78 is 39.2. The molecule has 11 nitrogen and oxygen atoms in total. The van der Waals surface area contributed by atoms with Gasteiger partial charge in [-0.25, -0.2) is 8.42 Å². The molecule has 0 radical (unpaired) electrons. The van der Waals surface area contributed by atoms with Crippen LogP contribution in [0.3, 0.4) is 0 Å². The number of anilines is 1. The Morgan fingerprint density at radius 2 is 1.95 bits per heavy atom. The first kappa shape index (κ1) is 28.6. The second kappa shape index (κ2) is 12.5. The fraction of sp³-hybridized carbons (Fsp3) is 0.458. The summed E-state index contributed by atoms with van der Waals surface area (Å²) in [7, 11) is -0.315. The molecule has 0 aliphatic carbocycles. The van der Waals surface area contributed by atoms with Crippen LogP contribution in [0.4, 0.5) is 5.82 Å². The largest absolute Gasteiger partial charge is 0.480 e. The first-order valence-electron chi connectivity index (χ1n) is 11.5. The minimum absolute atomic E-state index is 0.0607. The third-order valence-electron chi connectivity index (χ3n) is 6.05. The van der Waals surface area contributed by atoms with Gasteiger partial charge in [-0.05, 0) is 30.2 Å². The van der Waals surface area contributed by atoms with Crippen LogP contribution in [0.15, 0.2) is 35.2 Å². The molecule has 1 aromatic heterocycles. The average molecular weight is 555 g/mol. The maximum Gasteiger partial charge on any atom is 0.307 e. The topological polar surface area (TPSA) is 150 Å². The van der Waals surface area contributed by atoms with Gasteiger partial charge < -0.3 is 30.2 Å². The van der Waals surface area contributed by atoms with Gasteiger partial charge in [-0.1, -0.05) is 23.7 Å². The molecule has 0 saturated carbocycles. The Hall–Kier alpha value is -2.93. The van der Waals surface area contributed by atoms with Crippen LogP contribution >= 0.6 is 11.6 Å².